The second-order valence-electron chi connectivity index (χ2n) is 8.83. The summed E-state index contributed by atoms with van der Waals surface area (Å²) in [6.07, 6.45) is 3.62. The maximum Gasteiger partial charge on any atom is 0.135 e. The Hall–Kier alpha value is -4.56. The zero-order valence-electron chi connectivity index (χ0n) is 19.4. The lowest BCUT2D eigenvalue weighted by molar-refractivity contribution is 0.667. The fourth-order valence-electron chi connectivity index (χ4n) is 5.34. The van der Waals surface area contributed by atoms with Crippen molar-refractivity contribution in [2.24, 2.45) is 0 Å². The van der Waals surface area contributed by atoms with Crippen molar-refractivity contribution in [2.45, 2.75) is 5.41 Å². The second-order valence-corrected chi connectivity index (χ2v) is 8.83. The molecule has 0 saturated heterocycles. The molecule has 2 nitrogen and oxygen atoms in total. The third-order valence-corrected chi connectivity index (χ3v) is 7.08. The van der Waals surface area contributed by atoms with Crippen LogP contribution in [0.1, 0.15) is 11.1 Å². The van der Waals surface area contributed by atoms with Crippen LogP contribution in [0.25, 0.3) is 43.9 Å². The van der Waals surface area contributed by atoms with Crippen LogP contribution in [0, 0.1) is 0 Å². The first-order chi connectivity index (χ1) is 17.1. The molecule has 0 saturated carbocycles. The molecule has 0 radical (unpaired) electrons. The average molecular weight is 453 g/mol. The van der Waals surface area contributed by atoms with E-state index in [9.17, 15) is 0 Å². The number of rotatable bonds is 6. The topological polar surface area (TPSA) is 26.3 Å². The van der Waals surface area contributed by atoms with Crippen molar-refractivity contribution < 1.29 is 8.83 Å². The Morgan fingerprint density at radius 1 is 0.543 bits per heavy atom. The van der Waals surface area contributed by atoms with Gasteiger partial charge in [-0.15, -0.1) is 0 Å². The highest BCUT2D eigenvalue weighted by Gasteiger charge is 2.38. The summed E-state index contributed by atoms with van der Waals surface area (Å²) < 4.78 is 12.2. The van der Waals surface area contributed by atoms with Crippen molar-refractivity contribution in [3.8, 4) is 0 Å². The molecule has 6 rings (SSSR count). The summed E-state index contributed by atoms with van der Waals surface area (Å²) in [4.78, 5) is 0. The lowest BCUT2D eigenvalue weighted by Crippen LogP contribution is -2.30. The molecule has 0 spiro atoms. The molecule has 2 aromatic heterocycles. The number of fused-ring (bicyclic) bond motifs is 6. The van der Waals surface area contributed by atoms with Crippen LogP contribution in [0.15, 0.2) is 143 Å². The molecule has 0 aliphatic rings. The summed E-state index contributed by atoms with van der Waals surface area (Å²) in [6, 6.07) is 28.8. The van der Waals surface area contributed by atoms with E-state index in [1.54, 1.807) is 0 Å². The van der Waals surface area contributed by atoms with E-state index in [2.05, 4.69) is 62.7 Å². The van der Waals surface area contributed by atoms with Crippen LogP contribution in [0.5, 0.6) is 0 Å². The molecular formula is C33H24O2. The molecule has 6 aromatic rings. The largest absolute Gasteiger partial charge is 0.456 e. The summed E-state index contributed by atoms with van der Waals surface area (Å²) in [7, 11) is 0. The molecule has 0 aliphatic heterocycles. The Labute approximate surface area is 203 Å². The minimum Gasteiger partial charge on any atom is -0.456 e. The van der Waals surface area contributed by atoms with Crippen LogP contribution < -0.4 is 0 Å². The van der Waals surface area contributed by atoms with Gasteiger partial charge in [0.15, 0.2) is 0 Å². The molecule has 35 heavy (non-hydrogen) atoms. The van der Waals surface area contributed by atoms with Gasteiger partial charge < -0.3 is 8.83 Å². The quantitative estimate of drug-likeness (QED) is 0.235. The van der Waals surface area contributed by atoms with Crippen molar-refractivity contribution in [3.63, 3.8) is 0 Å². The maximum absolute atomic E-state index is 6.10. The van der Waals surface area contributed by atoms with Gasteiger partial charge >= 0.3 is 0 Å². The number of allylic oxidation sites excluding steroid dienone is 4. The minimum atomic E-state index is -0.761. The maximum atomic E-state index is 6.10. The fourth-order valence-corrected chi connectivity index (χ4v) is 5.34. The van der Waals surface area contributed by atoms with E-state index in [0.717, 1.165) is 66.2 Å². The number of hydrogen-bond acceptors (Lipinski definition) is 2. The highest BCUT2D eigenvalue weighted by atomic mass is 16.3. The van der Waals surface area contributed by atoms with Crippen molar-refractivity contribution in [2.75, 3.05) is 0 Å². The lowest BCUT2D eigenvalue weighted by atomic mass is 9.64. The molecule has 4 aromatic carbocycles. The summed E-state index contributed by atoms with van der Waals surface area (Å²) in [5.41, 5.74) is 6.34. The molecule has 2 heteroatoms. The van der Waals surface area contributed by atoms with Gasteiger partial charge in [-0.25, -0.2) is 0 Å². The normalized spacial score (nSPS) is 11.9. The van der Waals surface area contributed by atoms with E-state index in [0.29, 0.717) is 0 Å². The first kappa shape index (κ1) is 21.0. The van der Waals surface area contributed by atoms with E-state index in [1.807, 2.05) is 60.7 Å². The zero-order chi connectivity index (χ0) is 24.2. The van der Waals surface area contributed by atoms with Gasteiger partial charge in [0.2, 0.25) is 0 Å². The first-order valence-electron chi connectivity index (χ1n) is 11.5. The Bertz CT molecular complexity index is 1690. The molecule has 0 N–H and O–H groups in total. The summed E-state index contributed by atoms with van der Waals surface area (Å²) in [5, 5.41) is 4.24. The minimum absolute atomic E-state index is 0.761. The summed E-state index contributed by atoms with van der Waals surface area (Å²) in [6.45, 7) is 17.1. The molecule has 0 bridgehead atoms. The van der Waals surface area contributed by atoms with Gasteiger partial charge in [-0.3, -0.25) is 0 Å². The van der Waals surface area contributed by atoms with Crippen LogP contribution >= 0.6 is 0 Å². The highest BCUT2D eigenvalue weighted by molar-refractivity contribution is 6.06. The first-order valence-corrected chi connectivity index (χ1v) is 11.5. The number of hydrogen-bond donors (Lipinski definition) is 0. The lowest BCUT2D eigenvalue weighted by Gasteiger charge is -2.37. The van der Waals surface area contributed by atoms with E-state index >= 15 is 0 Å². The van der Waals surface area contributed by atoms with Crippen LogP contribution in [0.3, 0.4) is 0 Å². The molecule has 0 unspecified atom stereocenters. The number of para-hydroxylation sites is 2. The zero-order valence-corrected chi connectivity index (χ0v) is 19.4. The van der Waals surface area contributed by atoms with E-state index in [4.69, 9.17) is 8.83 Å². The highest BCUT2D eigenvalue weighted by Crippen LogP contribution is 2.47. The van der Waals surface area contributed by atoms with Crippen LogP contribution in [0.2, 0.25) is 0 Å². The smallest absolute Gasteiger partial charge is 0.135 e. The Morgan fingerprint density at radius 2 is 0.943 bits per heavy atom. The van der Waals surface area contributed by atoms with Crippen molar-refractivity contribution in [1.82, 2.24) is 0 Å². The SMILES string of the molecule is C=CC(=C)C(C(=C)C=C)(c1ccc2oc3ccccc3c2c1)c1ccc2oc3ccccc3c2c1. The summed E-state index contributed by atoms with van der Waals surface area (Å²) >= 11 is 0. The fraction of sp³-hybridized carbons (Fsp3) is 0.0303. The predicted octanol–water partition coefficient (Wildman–Crippen LogP) is 9.26. The van der Waals surface area contributed by atoms with Gasteiger partial charge in [0, 0.05) is 21.5 Å². The third-order valence-electron chi connectivity index (χ3n) is 7.08. The molecule has 0 fully saturated rings. The third kappa shape index (κ3) is 2.90. The van der Waals surface area contributed by atoms with E-state index < -0.39 is 5.41 Å². The predicted molar refractivity (Wildman–Crippen MR) is 147 cm³/mol. The number of benzene rings is 4. The Balaban J connectivity index is 1.71. The average Bonchev–Trinajstić information content (AvgIpc) is 3.46. The molecule has 0 atom stereocenters. The van der Waals surface area contributed by atoms with Gasteiger partial charge in [0.1, 0.15) is 22.3 Å². The summed E-state index contributed by atoms with van der Waals surface area (Å²) in [5.74, 6) is 0. The van der Waals surface area contributed by atoms with Gasteiger partial charge in [-0.05, 0) is 58.7 Å². The molecular weight excluding hydrogens is 428 g/mol. The standard InChI is InChI=1S/C33H24O2/c1-5-21(3)33(22(4)6-2,23-15-17-31-27(19-23)25-11-7-9-13-29(25)34-31)24-16-18-32-28(20-24)26-12-8-10-14-30(26)35-32/h5-20H,1-4H2. The van der Waals surface area contributed by atoms with Crippen LogP contribution in [-0.2, 0) is 5.41 Å². The Kier molecular flexibility index (Phi) is 4.65. The Morgan fingerprint density at radius 3 is 1.37 bits per heavy atom. The van der Waals surface area contributed by atoms with E-state index in [-0.39, 0.29) is 0 Å². The van der Waals surface area contributed by atoms with Crippen molar-refractivity contribution in [1.29, 1.82) is 0 Å². The van der Waals surface area contributed by atoms with Gasteiger partial charge in [0.25, 0.3) is 0 Å². The number of furan rings is 2. The second kappa shape index (κ2) is 7.75. The van der Waals surface area contributed by atoms with Crippen LogP contribution in [-0.4, -0.2) is 0 Å². The van der Waals surface area contributed by atoms with Gasteiger partial charge in [-0.1, -0.05) is 87.0 Å². The van der Waals surface area contributed by atoms with Gasteiger partial charge in [-0.2, -0.15) is 0 Å². The van der Waals surface area contributed by atoms with Crippen molar-refractivity contribution in [3.05, 3.63) is 146 Å². The van der Waals surface area contributed by atoms with Crippen LogP contribution in [0.4, 0.5) is 0 Å². The molecule has 168 valence electrons. The van der Waals surface area contributed by atoms with Crippen molar-refractivity contribution >= 4 is 43.9 Å². The molecule has 0 aliphatic carbocycles. The monoisotopic (exact) mass is 452 g/mol. The van der Waals surface area contributed by atoms with Gasteiger partial charge in [0.05, 0.1) is 5.41 Å². The molecule has 2 heterocycles. The van der Waals surface area contributed by atoms with E-state index in [1.165, 1.54) is 0 Å². The molecule has 0 amide bonds.